The fourth-order valence-electron chi connectivity index (χ4n) is 1.99. The Kier molecular flexibility index (Phi) is 6.87. The van der Waals surface area contributed by atoms with Crippen LogP contribution in [0.3, 0.4) is 0 Å². The average Bonchev–Trinajstić information content (AvgIpc) is 2.14. The molecule has 0 amide bonds. The van der Waals surface area contributed by atoms with E-state index in [1.807, 2.05) is 0 Å². The molecule has 0 radical (unpaired) electrons. The summed E-state index contributed by atoms with van der Waals surface area (Å²) < 4.78 is 0. The molecule has 1 aliphatic heterocycles. The van der Waals surface area contributed by atoms with Crippen LogP contribution in [0.25, 0.3) is 0 Å². The summed E-state index contributed by atoms with van der Waals surface area (Å²) in [5, 5.41) is 3.45. The van der Waals surface area contributed by atoms with E-state index < -0.39 is 0 Å². The molecule has 0 aromatic rings. The van der Waals surface area contributed by atoms with Crippen molar-refractivity contribution in [2.24, 2.45) is 11.8 Å². The second-order valence-corrected chi connectivity index (χ2v) is 4.18. The molecule has 1 N–H and O–H groups in total. The molecule has 0 aromatic carbocycles. The lowest BCUT2D eigenvalue weighted by Crippen LogP contribution is -2.14. The van der Waals surface area contributed by atoms with Crippen LogP contribution in [0, 0.1) is 11.8 Å². The first-order valence-corrected chi connectivity index (χ1v) is 4.99. The normalized spacial score (nSPS) is 24.8. The van der Waals surface area contributed by atoms with Crippen LogP contribution in [0.1, 0.15) is 39.5 Å². The topological polar surface area (TPSA) is 12.0 Å². The molecule has 0 bridgehead atoms. The van der Waals surface area contributed by atoms with Gasteiger partial charge in [-0.1, -0.05) is 13.8 Å². The monoisotopic (exact) mass is 191 g/mol. The fraction of sp³-hybridized carbons (Fsp3) is 1.00. The molecule has 1 rings (SSSR count). The molecule has 0 spiro atoms. The fourth-order valence-corrected chi connectivity index (χ4v) is 1.99. The number of halogens is 1. The van der Waals surface area contributed by atoms with E-state index in [0.717, 1.165) is 11.8 Å². The van der Waals surface area contributed by atoms with Gasteiger partial charge in [0.25, 0.3) is 0 Å². The second kappa shape index (κ2) is 6.73. The summed E-state index contributed by atoms with van der Waals surface area (Å²) in [6, 6.07) is 0. The Morgan fingerprint density at radius 1 is 1.25 bits per heavy atom. The maximum atomic E-state index is 3.45. The lowest BCUT2D eigenvalue weighted by Gasteiger charge is -2.15. The molecule has 1 unspecified atom stereocenters. The Hall–Kier alpha value is 0.250. The van der Waals surface area contributed by atoms with Gasteiger partial charge < -0.3 is 5.32 Å². The number of nitrogens with one attached hydrogen (secondary N) is 1. The van der Waals surface area contributed by atoms with Crippen LogP contribution in [0.5, 0.6) is 0 Å². The smallest absolute Gasteiger partial charge is 0.00463 e. The lowest BCUT2D eigenvalue weighted by atomic mass is 9.91. The van der Waals surface area contributed by atoms with Crippen molar-refractivity contribution in [3.8, 4) is 0 Å². The van der Waals surface area contributed by atoms with E-state index in [4.69, 9.17) is 0 Å². The van der Waals surface area contributed by atoms with Gasteiger partial charge in [0.2, 0.25) is 0 Å². The highest BCUT2D eigenvalue weighted by atomic mass is 35.5. The molecule has 1 fully saturated rings. The van der Waals surface area contributed by atoms with Crippen molar-refractivity contribution in [3.63, 3.8) is 0 Å². The van der Waals surface area contributed by atoms with Gasteiger partial charge in [-0.3, -0.25) is 0 Å². The Balaban J connectivity index is 0.00000121. The zero-order chi connectivity index (χ0) is 8.10. The minimum atomic E-state index is 0. The molecule has 74 valence electrons. The highest BCUT2D eigenvalue weighted by molar-refractivity contribution is 5.85. The average molecular weight is 192 g/mol. The van der Waals surface area contributed by atoms with Crippen molar-refractivity contribution in [3.05, 3.63) is 0 Å². The molecular formula is C10H22ClN. The molecule has 0 aromatic heterocycles. The number of hydrogen-bond donors (Lipinski definition) is 1. The van der Waals surface area contributed by atoms with Gasteiger partial charge in [0, 0.05) is 0 Å². The molecule has 0 saturated carbocycles. The Bertz CT molecular complexity index is 96.0. The predicted octanol–water partition coefficient (Wildman–Crippen LogP) is 2.84. The quantitative estimate of drug-likeness (QED) is 0.708. The van der Waals surface area contributed by atoms with Gasteiger partial charge in [-0.25, -0.2) is 0 Å². The summed E-state index contributed by atoms with van der Waals surface area (Å²) in [7, 11) is 0. The van der Waals surface area contributed by atoms with Crippen molar-refractivity contribution >= 4 is 12.4 Å². The molecular weight excluding hydrogens is 170 g/mol. The summed E-state index contributed by atoms with van der Waals surface area (Å²) in [6.07, 6.45) is 5.67. The van der Waals surface area contributed by atoms with Crippen molar-refractivity contribution in [1.29, 1.82) is 0 Å². The van der Waals surface area contributed by atoms with Gasteiger partial charge in [0.15, 0.2) is 0 Å². The number of hydrogen-bond acceptors (Lipinski definition) is 1. The first-order chi connectivity index (χ1) is 5.29. The molecule has 1 aliphatic rings. The third-order valence-electron chi connectivity index (χ3n) is 2.50. The number of rotatable bonds is 2. The van der Waals surface area contributed by atoms with Gasteiger partial charge in [0.05, 0.1) is 0 Å². The van der Waals surface area contributed by atoms with Gasteiger partial charge >= 0.3 is 0 Å². The highest BCUT2D eigenvalue weighted by Gasteiger charge is 2.12. The van der Waals surface area contributed by atoms with Gasteiger partial charge in [-0.05, 0) is 50.6 Å². The SMILES string of the molecule is CC(C)CC1CCCNCC1.Cl. The third-order valence-corrected chi connectivity index (χ3v) is 2.50. The minimum absolute atomic E-state index is 0. The minimum Gasteiger partial charge on any atom is -0.317 e. The molecule has 2 heteroatoms. The van der Waals surface area contributed by atoms with E-state index in [-0.39, 0.29) is 12.4 Å². The second-order valence-electron chi connectivity index (χ2n) is 4.18. The molecule has 1 heterocycles. The van der Waals surface area contributed by atoms with Crippen LogP contribution in [-0.4, -0.2) is 13.1 Å². The predicted molar refractivity (Wildman–Crippen MR) is 56.9 cm³/mol. The summed E-state index contributed by atoms with van der Waals surface area (Å²) in [5.41, 5.74) is 0. The van der Waals surface area contributed by atoms with Crippen LogP contribution in [0.4, 0.5) is 0 Å². The first kappa shape index (κ1) is 12.2. The van der Waals surface area contributed by atoms with Crippen molar-refractivity contribution in [1.82, 2.24) is 5.32 Å². The van der Waals surface area contributed by atoms with Crippen LogP contribution < -0.4 is 5.32 Å². The summed E-state index contributed by atoms with van der Waals surface area (Å²) >= 11 is 0. The molecule has 1 saturated heterocycles. The molecule has 1 atom stereocenters. The van der Waals surface area contributed by atoms with Crippen LogP contribution in [0.2, 0.25) is 0 Å². The van der Waals surface area contributed by atoms with Gasteiger partial charge in [0.1, 0.15) is 0 Å². The Morgan fingerprint density at radius 2 is 2.00 bits per heavy atom. The summed E-state index contributed by atoms with van der Waals surface area (Å²) in [5.74, 6) is 1.89. The summed E-state index contributed by atoms with van der Waals surface area (Å²) in [6.45, 7) is 7.16. The zero-order valence-corrected chi connectivity index (χ0v) is 9.12. The highest BCUT2D eigenvalue weighted by Crippen LogP contribution is 2.21. The first-order valence-electron chi connectivity index (χ1n) is 4.99. The van der Waals surface area contributed by atoms with E-state index in [1.165, 1.54) is 38.8 Å². The van der Waals surface area contributed by atoms with E-state index in [9.17, 15) is 0 Å². The van der Waals surface area contributed by atoms with Crippen LogP contribution in [-0.2, 0) is 0 Å². The largest absolute Gasteiger partial charge is 0.317 e. The van der Waals surface area contributed by atoms with E-state index in [1.54, 1.807) is 0 Å². The van der Waals surface area contributed by atoms with Crippen molar-refractivity contribution in [2.45, 2.75) is 39.5 Å². The molecule has 1 nitrogen and oxygen atoms in total. The maximum absolute atomic E-state index is 3.45. The Labute approximate surface area is 82.7 Å². The molecule has 0 aliphatic carbocycles. The van der Waals surface area contributed by atoms with E-state index >= 15 is 0 Å². The summed E-state index contributed by atoms with van der Waals surface area (Å²) in [4.78, 5) is 0. The Morgan fingerprint density at radius 3 is 2.67 bits per heavy atom. The maximum Gasteiger partial charge on any atom is -0.00463 e. The van der Waals surface area contributed by atoms with Crippen molar-refractivity contribution in [2.75, 3.05) is 13.1 Å². The van der Waals surface area contributed by atoms with Crippen molar-refractivity contribution < 1.29 is 0 Å². The van der Waals surface area contributed by atoms with E-state index in [0.29, 0.717) is 0 Å². The molecule has 12 heavy (non-hydrogen) atoms. The lowest BCUT2D eigenvalue weighted by molar-refractivity contribution is 0.377. The van der Waals surface area contributed by atoms with Gasteiger partial charge in [-0.15, -0.1) is 12.4 Å². The van der Waals surface area contributed by atoms with Crippen LogP contribution in [0.15, 0.2) is 0 Å². The third kappa shape index (κ3) is 5.00. The van der Waals surface area contributed by atoms with E-state index in [2.05, 4.69) is 19.2 Å². The van der Waals surface area contributed by atoms with Crippen LogP contribution >= 0.6 is 12.4 Å². The standard InChI is InChI=1S/C10H21N.ClH/c1-9(2)8-10-4-3-6-11-7-5-10;/h9-11H,3-8H2,1-2H3;1H. The zero-order valence-electron chi connectivity index (χ0n) is 8.31. The van der Waals surface area contributed by atoms with Gasteiger partial charge in [-0.2, -0.15) is 0 Å².